The largest absolute Gasteiger partial charge is 0.465 e. The predicted molar refractivity (Wildman–Crippen MR) is 145 cm³/mol. The third kappa shape index (κ3) is 4.56. The van der Waals surface area contributed by atoms with Crippen molar-refractivity contribution in [3.8, 4) is 5.69 Å². The SMILES string of the molecule is O=C(O)N1CCC[C@@H](N(C(=O)c2ccc(-n3nnc4cccnc43)cc2F)c2nccc3cc(Br)ccc23)C1. The van der Waals surface area contributed by atoms with Crippen molar-refractivity contribution in [1.82, 2.24) is 29.9 Å². The van der Waals surface area contributed by atoms with Crippen LogP contribution in [-0.2, 0) is 0 Å². The molecule has 0 aliphatic carbocycles. The molecule has 1 atom stereocenters. The highest BCUT2D eigenvalue weighted by Gasteiger charge is 2.34. The van der Waals surface area contributed by atoms with Crippen LogP contribution >= 0.6 is 15.9 Å². The van der Waals surface area contributed by atoms with Gasteiger partial charge < -0.3 is 10.0 Å². The fourth-order valence-corrected chi connectivity index (χ4v) is 5.36. The summed E-state index contributed by atoms with van der Waals surface area (Å²) in [6, 6.07) is 14.5. The van der Waals surface area contributed by atoms with Gasteiger partial charge in [0, 0.05) is 41.4 Å². The topological polar surface area (TPSA) is 117 Å². The monoisotopic (exact) mass is 589 g/mol. The Morgan fingerprint density at radius 1 is 1.08 bits per heavy atom. The van der Waals surface area contributed by atoms with Gasteiger partial charge in [-0.05, 0) is 66.8 Å². The van der Waals surface area contributed by atoms with Crippen molar-refractivity contribution in [2.45, 2.75) is 18.9 Å². The first-order valence-corrected chi connectivity index (χ1v) is 13.0. The minimum atomic E-state index is -1.06. The molecule has 0 spiro atoms. The molecule has 0 unspecified atom stereocenters. The molecular weight excluding hydrogens is 569 g/mol. The number of anilines is 1. The van der Waals surface area contributed by atoms with Crippen LogP contribution < -0.4 is 4.90 Å². The molecule has 10 nitrogen and oxygen atoms in total. The van der Waals surface area contributed by atoms with Crippen molar-refractivity contribution >= 4 is 55.7 Å². The fourth-order valence-electron chi connectivity index (χ4n) is 4.98. The van der Waals surface area contributed by atoms with Gasteiger partial charge >= 0.3 is 6.09 Å². The van der Waals surface area contributed by atoms with Crippen molar-refractivity contribution in [3.63, 3.8) is 0 Å². The van der Waals surface area contributed by atoms with Crippen molar-refractivity contribution < 1.29 is 19.1 Å². The number of carbonyl (C=O) groups is 2. The molecule has 2 amide bonds. The first kappa shape index (κ1) is 24.9. The second kappa shape index (κ2) is 10.0. The number of nitrogens with zero attached hydrogens (tertiary/aromatic N) is 7. The molecular formula is C27H21BrFN7O3. The number of amides is 2. The molecule has 3 aromatic heterocycles. The van der Waals surface area contributed by atoms with Gasteiger partial charge in [0.25, 0.3) is 5.91 Å². The summed E-state index contributed by atoms with van der Waals surface area (Å²) >= 11 is 3.47. The van der Waals surface area contributed by atoms with E-state index in [0.717, 1.165) is 9.86 Å². The first-order chi connectivity index (χ1) is 18.9. The Balaban J connectivity index is 1.44. The molecule has 0 saturated carbocycles. The van der Waals surface area contributed by atoms with Gasteiger partial charge in [0.1, 0.15) is 17.2 Å². The Hall–Kier alpha value is -4.45. The lowest BCUT2D eigenvalue weighted by Gasteiger charge is -2.38. The molecule has 1 fully saturated rings. The number of carboxylic acid groups (broad SMARTS) is 1. The Morgan fingerprint density at radius 3 is 2.77 bits per heavy atom. The van der Waals surface area contributed by atoms with Crippen molar-refractivity contribution in [2.75, 3.05) is 18.0 Å². The Kier molecular flexibility index (Phi) is 6.39. The van der Waals surface area contributed by atoms with Gasteiger partial charge in [-0.25, -0.2) is 19.2 Å². The van der Waals surface area contributed by atoms with Crippen molar-refractivity contribution in [2.24, 2.45) is 0 Å². The summed E-state index contributed by atoms with van der Waals surface area (Å²) in [5.74, 6) is -1.02. The third-order valence-corrected chi connectivity index (χ3v) is 7.31. The highest BCUT2D eigenvalue weighted by atomic mass is 79.9. The summed E-state index contributed by atoms with van der Waals surface area (Å²) in [7, 11) is 0. The summed E-state index contributed by atoms with van der Waals surface area (Å²) in [5, 5.41) is 19.3. The van der Waals surface area contributed by atoms with Crippen LogP contribution in [0.2, 0.25) is 0 Å². The molecule has 5 aromatic rings. The predicted octanol–water partition coefficient (Wildman–Crippen LogP) is 5.05. The van der Waals surface area contributed by atoms with Crippen LogP contribution in [0.5, 0.6) is 0 Å². The number of benzene rings is 2. The van der Waals surface area contributed by atoms with Gasteiger partial charge in [0.15, 0.2) is 5.65 Å². The Bertz CT molecular complexity index is 1740. The quantitative estimate of drug-likeness (QED) is 0.311. The highest BCUT2D eigenvalue weighted by Crippen LogP contribution is 2.32. The number of hydrogen-bond acceptors (Lipinski definition) is 6. The fraction of sp³-hybridized carbons (Fsp3) is 0.185. The van der Waals surface area contributed by atoms with E-state index in [9.17, 15) is 14.7 Å². The molecule has 1 aliphatic heterocycles. The molecule has 1 N–H and O–H groups in total. The summed E-state index contributed by atoms with van der Waals surface area (Å²) in [6.07, 6.45) is 3.22. The van der Waals surface area contributed by atoms with E-state index < -0.39 is 23.9 Å². The van der Waals surface area contributed by atoms with Crippen LogP contribution in [0.15, 0.2) is 71.5 Å². The van der Waals surface area contributed by atoms with Gasteiger partial charge in [-0.2, -0.15) is 4.68 Å². The maximum atomic E-state index is 15.6. The molecule has 4 heterocycles. The molecule has 2 aromatic carbocycles. The van der Waals surface area contributed by atoms with Crippen molar-refractivity contribution in [1.29, 1.82) is 0 Å². The molecule has 1 aliphatic rings. The number of aromatic nitrogens is 5. The standard InChI is InChI=1S/C27H21BrFN7O3/c28-17-5-7-20-16(13-17)9-11-31-24(20)35(19-3-2-12-34(15-19)27(38)39)26(37)21-8-6-18(14-22(21)29)36-25-23(32-33-36)4-1-10-30-25/h1,4-11,13-14,19H,2-3,12,15H2,(H,38,39)/t19-/m1/s1. The molecule has 12 heteroatoms. The third-order valence-electron chi connectivity index (χ3n) is 6.82. The summed E-state index contributed by atoms with van der Waals surface area (Å²) in [6.45, 7) is 0.457. The number of hydrogen-bond donors (Lipinski definition) is 1. The van der Waals surface area contributed by atoms with Gasteiger partial charge in [-0.1, -0.05) is 21.1 Å². The van der Waals surface area contributed by atoms with E-state index in [1.54, 1.807) is 30.6 Å². The molecule has 0 radical (unpaired) electrons. The second-order valence-electron chi connectivity index (χ2n) is 9.21. The number of pyridine rings is 2. The van der Waals surface area contributed by atoms with E-state index >= 15 is 4.39 Å². The molecule has 1 saturated heterocycles. The molecule has 0 bridgehead atoms. The second-order valence-corrected chi connectivity index (χ2v) is 10.1. The number of carbonyl (C=O) groups excluding carboxylic acids is 1. The maximum absolute atomic E-state index is 15.6. The smallest absolute Gasteiger partial charge is 0.407 e. The lowest BCUT2D eigenvalue weighted by Crippen LogP contribution is -2.52. The van der Waals surface area contributed by atoms with Crippen LogP contribution in [0, 0.1) is 5.82 Å². The van der Waals surface area contributed by atoms with Gasteiger partial charge in [-0.3, -0.25) is 9.69 Å². The Morgan fingerprint density at radius 2 is 1.95 bits per heavy atom. The van der Waals surface area contributed by atoms with Gasteiger partial charge in [0.2, 0.25) is 0 Å². The van der Waals surface area contributed by atoms with E-state index in [-0.39, 0.29) is 12.1 Å². The zero-order valence-electron chi connectivity index (χ0n) is 20.4. The van der Waals surface area contributed by atoms with Crippen LogP contribution in [0.3, 0.4) is 0 Å². The Labute approximate surface area is 229 Å². The zero-order valence-corrected chi connectivity index (χ0v) is 22.0. The average molecular weight is 590 g/mol. The lowest BCUT2D eigenvalue weighted by molar-refractivity contribution is 0.0938. The van der Waals surface area contributed by atoms with Gasteiger partial charge in [-0.15, -0.1) is 5.10 Å². The first-order valence-electron chi connectivity index (χ1n) is 12.2. The highest BCUT2D eigenvalue weighted by molar-refractivity contribution is 9.10. The summed E-state index contributed by atoms with van der Waals surface area (Å²) in [4.78, 5) is 37.4. The number of rotatable bonds is 4. The number of fused-ring (bicyclic) bond motifs is 2. The van der Waals surface area contributed by atoms with Crippen molar-refractivity contribution in [3.05, 3.63) is 82.8 Å². The lowest BCUT2D eigenvalue weighted by atomic mass is 10.0. The van der Waals surface area contributed by atoms with E-state index in [4.69, 9.17) is 0 Å². The van der Waals surface area contributed by atoms with Gasteiger partial charge in [0.05, 0.1) is 17.3 Å². The average Bonchev–Trinajstić information content (AvgIpc) is 3.37. The maximum Gasteiger partial charge on any atom is 0.407 e. The van der Waals surface area contributed by atoms with Crippen LogP contribution in [-0.4, -0.2) is 66.1 Å². The minimum Gasteiger partial charge on any atom is -0.465 e. The normalized spacial score (nSPS) is 15.5. The van der Waals surface area contributed by atoms with Crippen LogP contribution in [0.4, 0.5) is 15.0 Å². The summed E-state index contributed by atoms with van der Waals surface area (Å²) in [5.41, 5.74) is 1.21. The van der Waals surface area contributed by atoms with E-state index in [0.29, 0.717) is 47.4 Å². The molecule has 39 heavy (non-hydrogen) atoms. The van der Waals surface area contributed by atoms with E-state index in [1.165, 1.54) is 26.6 Å². The van der Waals surface area contributed by atoms with E-state index in [1.807, 2.05) is 24.3 Å². The molecule has 6 rings (SSSR count). The number of piperidine rings is 1. The molecule has 196 valence electrons. The number of halogens is 2. The minimum absolute atomic E-state index is 0.0893. The van der Waals surface area contributed by atoms with Crippen LogP contribution in [0.1, 0.15) is 23.2 Å². The zero-order chi connectivity index (χ0) is 27.1. The van der Waals surface area contributed by atoms with Crippen LogP contribution in [0.25, 0.3) is 27.6 Å². The number of likely N-dealkylation sites (tertiary alicyclic amines) is 1. The van der Waals surface area contributed by atoms with E-state index in [2.05, 4.69) is 36.2 Å². The summed E-state index contributed by atoms with van der Waals surface area (Å²) < 4.78 is 17.9.